The van der Waals surface area contributed by atoms with Crippen LogP contribution in [0.2, 0.25) is 5.02 Å². The molecule has 0 aliphatic rings. The number of nitrogens with two attached hydrogens (primary N) is 1. The molecule has 2 atom stereocenters. The van der Waals surface area contributed by atoms with Gasteiger partial charge in [0.15, 0.2) is 6.10 Å². The van der Waals surface area contributed by atoms with Gasteiger partial charge in [-0.05, 0) is 11.6 Å². The molecule has 1 rings (SSSR count). The smallest absolute Gasteiger partial charge is 0.288 e. The molecular weight excluding hydrogens is 252 g/mol. The first-order valence-electron chi connectivity index (χ1n) is 4.44. The van der Waals surface area contributed by atoms with E-state index in [0.717, 1.165) is 6.07 Å². The molecule has 1 aromatic carbocycles. The Morgan fingerprint density at radius 1 is 1.47 bits per heavy atom. The maximum Gasteiger partial charge on any atom is 0.288 e. The van der Waals surface area contributed by atoms with E-state index in [1.807, 2.05) is 0 Å². The minimum absolute atomic E-state index is 0.0209. The Hall–Kier alpha value is -1.70. The van der Waals surface area contributed by atoms with E-state index < -0.39 is 28.7 Å². The lowest BCUT2D eigenvalue weighted by atomic mass is 10.0. The second-order valence-electron chi connectivity index (χ2n) is 3.26. The van der Waals surface area contributed by atoms with Crippen molar-refractivity contribution in [1.82, 2.24) is 0 Å². The molecule has 1 amide bonds. The number of amides is 1. The van der Waals surface area contributed by atoms with Crippen LogP contribution in [-0.4, -0.2) is 27.1 Å². The van der Waals surface area contributed by atoms with Gasteiger partial charge in [-0.3, -0.25) is 14.9 Å². The van der Waals surface area contributed by atoms with Crippen LogP contribution in [0.1, 0.15) is 11.7 Å². The number of hydrogen-bond donors (Lipinski definition) is 3. The van der Waals surface area contributed by atoms with E-state index in [1.165, 1.54) is 12.1 Å². The Morgan fingerprint density at radius 3 is 2.53 bits per heavy atom. The molecule has 4 N–H and O–H groups in total. The fraction of sp³-hybridized carbons (Fsp3) is 0.222. The zero-order valence-corrected chi connectivity index (χ0v) is 9.16. The van der Waals surface area contributed by atoms with E-state index in [9.17, 15) is 25.1 Å². The van der Waals surface area contributed by atoms with Gasteiger partial charge in [-0.25, -0.2) is 0 Å². The van der Waals surface area contributed by atoms with E-state index >= 15 is 0 Å². The largest absolute Gasteiger partial charge is 0.385 e. The lowest BCUT2D eigenvalue weighted by Crippen LogP contribution is -2.33. The van der Waals surface area contributed by atoms with Crippen LogP contribution in [0.15, 0.2) is 18.2 Å². The van der Waals surface area contributed by atoms with Crippen LogP contribution >= 0.6 is 11.6 Å². The van der Waals surface area contributed by atoms with Gasteiger partial charge in [0.2, 0.25) is 5.91 Å². The molecule has 0 aliphatic heterocycles. The number of carbonyl (C=O) groups is 1. The van der Waals surface area contributed by atoms with E-state index in [0.29, 0.717) is 0 Å². The second kappa shape index (κ2) is 5.09. The van der Waals surface area contributed by atoms with Gasteiger partial charge in [0, 0.05) is 6.07 Å². The Morgan fingerprint density at radius 2 is 2.06 bits per heavy atom. The minimum Gasteiger partial charge on any atom is -0.385 e. The number of benzene rings is 1. The number of hydrogen-bond acceptors (Lipinski definition) is 5. The van der Waals surface area contributed by atoms with Gasteiger partial charge in [0.1, 0.15) is 11.1 Å². The van der Waals surface area contributed by atoms with Crippen LogP contribution in [0.5, 0.6) is 0 Å². The van der Waals surface area contributed by atoms with Crippen molar-refractivity contribution < 1.29 is 19.9 Å². The van der Waals surface area contributed by atoms with Crippen LogP contribution in [-0.2, 0) is 4.79 Å². The van der Waals surface area contributed by atoms with Crippen molar-refractivity contribution in [2.45, 2.75) is 12.2 Å². The van der Waals surface area contributed by atoms with Gasteiger partial charge in [0.05, 0.1) is 4.92 Å². The maximum absolute atomic E-state index is 10.7. The van der Waals surface area contributed by atoms with Crippen molar-refractivity contribution in [1.29, 1.82) is 0 Å². The van der Waals surface area contributed by atoms with Crippen molar-refractivity contribution in [2.75, 3.05) is 0 Å². The summed E-state index contributed by atoms with van der Waals surface area (Å²) in [5, 5.41) is 29.2. The number of aliphatic hydroxyl groups excluding tert-OH is 2. The average Bonchev–Trinajstić information content (AvgIpc) is 2.27. The van der Waals surface area contributed by atoms with Crippen molar-refractivity contribution in [2.24, 2.45) is 5.73 Å². The fourth-order valence-corrected chi connectivity index (χ4v) is 1.38. The summed E-state index contributed by atoms with van der Waals surface area (Å²) >= 11 is 5.56. The first-order valence-corrected chi connectivity index (χ1v) is 4.81. The van der Waals surface area contributed by atoms with Crippen LogP contribution in [0.25, 0.3) is 0 Å². The normalized spacial score (nSPS) is 14.1. The summed E-state index contributed by atoms with van der Waals surface area (Å²) in [6.45, 7) is 0. The molecule has 17 heavy (non-hydrogen) atoms. The number of nitrogens with zero attached hydrogens (tertiary/aromatic N) is 1. The van der Waals surface area contributed by atoms with Crippen molar-refractivity contribution in [3.63, 3.8) is 0 Å². The highest BCUT2D eigenvalue weighted by Gasteiger charge is 2.25. The Kier molecular flexibility index (Phi) is 4.00. The third-order valence-electron chi connectivity index (χ3n) is 2.10. The molecule has 0 bridgehead atoms. The predicted molar refractivity (Wildman–Crippen MR) is 58.3 cm³/mol. The summed E-state index contributed by atoms with van der Waals surface area (Å²) < 4.78 is 0. The number of nitro benzene ring substituents is 1. The fourth-order valence-electron chi connectivity index (χ4n) is 1.19. The molecule has 0 saturated carbocycles. The Balaban J connectivity index is 3.11. The molecule has 0 heterocycles. The van der Waals surface area contributed by atoms with Crippen LogP contribution < -0.4 is 5.73 Å². The van der Waals surface area contributed by atoms with Crippen molar-refractivity contribution >= 4 is 23.2 Å². The van der Waals surface area contributed by atoms with Gasteiger partial charge < -0.3 is 15.9 Å². The molecule has 0 radical (unpaired) electrons. The minimum atomic E-state index is -1.84. The monoisotopic (exact) mass is 260 g/mol. The number of carbonyl (C=O) groups excluding carboxylic acids is 1. The lowest BCUT2D eigenvalue weighted by Gasteiger charge is -2.14. The van der Waals surface area contributed by atoms with Gasteiger partial charge in [0.25, 0.3) is 5.69 Å². The molecule has 2 unspecified atom stereocenters. The molecule has 92 valence electrons. The van der Waals surface area contributed by atoms with Crippen LogP contribution in [0.4, 0.5) is 5.69 Å². The second-order valence-corrected chi connectivity index (χ2v) is 3.67. The zero-order valence-electron chi connectivity index (χ0n) is 8.41. The number of primary amides is 1. The molecule has 1 aromatic rings. The number of halogens is 1. The Labute approximate surface area is 101 Å². The van der Waals surface area contributed by atoms with Gasteiger partial charge in [-0.1, -0.05) is 17.7 Å². The first kappa shape index (κ1) is 13.4. The standard InChI is InChI=1S/C9H9ClN2O5/c10-5-2-1-4(3-6(5)12(16)17)7(13)8(14)9(11)15/h1-3,7-8,13-14H,(H2,11,15). The number of aliphatic hydroxyl groups is 2. The van der Waals surface area contributed by atoms with Gasteiger partial charge >= 0.3 is 0 Å². The van der Waals surface area contributed by atoms with E-state index in [2.05, 4.69) is 0 Å². The molecule has 0 spiro atoms. The number of rotatable bonds is 4. The lowest BCUT2D eigenvalue weighted by molar-refractivity contribution is -0.384. The van der Waals surface area contributed by atoms with E-state index in [1.54, 1.807) is 0 Å². The third-order valence-corrected chi connectivity index (χ3v) is 2.42. The summed E-state index contributed by atoms with van der Waals surface area (Å²) in [6, 6.07) is 3.41. The zero-order chi connectivity index (χ0) is 13.2. The predicted octanol–water partition coefficient (Wildman–Crippen LogP) is 0.128. The van der Waals surface area contributed by atoms with Crippen LogP contribution in [0, 0.1) is 10.1 Å². The summed E-state index contributed by atoms with van der Waals surface area (Å²) in [5.41, 5.74) is 4.34. The van der Waals surface area contributed by atoms with E-state index in [-0.39, 0.29) is 10.6 Å². The van der Waals surface area contributed by atoms with E-state index in [4.69, 9.17) is 17.3 Å². The quantitative estimate of drug-likeness (QED) is 0.524. The SMILES string of the molecule is NC(=O)C(O)C(O)c1ccc(Cl)c([N+](=O)[O-])c1. The highest BCUT2D eigenvalue weighted by molar-refractivity contribution is 6.32. The summed E-state index contributed by atoms with van der Waals surface area (Å²) in [5.74, 6) is -1.13. The maximum atomic E-state index is 10.7. The summed E-state index contributed by atoms with van der Waals surface area (Å²) in [6.07, 6.45) is -3.47. The highest BCUT2D eigenvalue weighted by atomic mass is 35.5. The molecular formula is C9H9ClN2O5. The third kappa shape index (κ3) is 2.90. The van der Waals surface area contributed by atoms with Crippen molar-refractivity contribution in [3.05, 3.63) is 38.9 Å². The summed E-state index contributed by atoms with van der Waals surface area (Å²) in [7, 11) is 0. The molecule has 0 saturated heterocycles. The van der Waals surface area contributed by atoms with Gasteiger partial charge in [-0.2, -0.15) is 0 Å². The molecule has 0 aromatic heterocycles. The Bertz CT molecular complexity index is 465. The molecule has 8 heteroatoms. The first-order chi connectivity index (χ1) is 7.84. The van der Waals surface area contributed by atoms with Crippen molar-refractivity contribution in [3.8, 4) is 0 Å². The van der Waals surface area contributed by atoms with Crippen LogP contribution in [0.3, 0.4) is 0 Å². The highest BCUT2D eigenvalue weighted by Crippen LogP contribution is 2.28. The molecule has 0 fully saturated rings. The molecule has 0 aliphatic carbocycles. The summed E-state index contributed by atoms with van der Waals surface area (Å²) in [4.78, 5) is 20.5. The number of nitro groups is 1. The average molecular weight is 261 g/mol. The van der Waals surface area contributed by atoms with Gasteiger partial charge in [-0.15, -0.1) is 0 Å². The topological polar surface area (TPSA) is 127 Å². The molecule has 7 nitrogen and oxygen atoms in total.